The number of carbonyl (C=O) groups is 2. The normalized spacial score (nSPS) is 48.6. The zero-order valence-corrected chi connectivity index (χ0v) is 15.3. The van der Waals surface area contributed by atoms with Gasteiger partial charge in [-0.15, -0.1) is 0 Å². The fourth-order valence-corrected chi connectivity index (χ4v) is 6.92. The molecule has 4 aliphatic rings. The maximum absolute atomic E-state index is 14.1. The Morgan fingerprint density at radius 2 is 1.96 bits per heavy atom. The van der Waals surface area contributed by atoms with Gasteiger partial charge in [-0.1, -0.05) is 13.8 Å². The van der Waals surface area contributed by atoms with Gasteiger partial charge in [-0.3, -0.25) is 9.59 Å². The minimum Gasteiger partial charge on any atom is -0.469 e. The number of esters is 1. The first-order valence-electron chi connectivity index (χ1n) is 9.58. The van der Waals surface area contributed by atoms with E-state index in [-0.39, 0.29) is 28.8 Å². The van der Waals surface area contributed by atoms with Crippen molar-refractivity contribution in [1.82, 2.24) is 5.32 Å². The summed E-state index contributed by atoms with van der Waals surface area (Å²) in [5, 5.41) is 2.89. The Morgan fingerprint density at radius 3 is 2.68 bits per heavy atom. The van der Waals surface area contributed by atoms with Crippen molar-refractivity contribution in [3.8, 4) is 0 Å². The van der Waals surface area contributed by atoms with Crippen LogP contribution in [0.2, 0.25) is 0 Å². The van der Waals surface area contributed by atoms with Crippen molar-refractivity contribution in [2.24, 2.45) is 34.5 Å². The minimum atomic E-state index is -0.633. The molecular weight excluding hydrogens is 321 g/mol. The number of methoxy groups -OCH3 is 1. The van der Waals surface area contributed by atoms with Gasteiger partial charge in [-0.05, 0) is 67.8 Å². The van der Waals surface area contributed by atoms with Crippen LogP contribution in [0.15, 0.2) is 11.9 Å². The monoisotopic (exact) mass is 349 g/mol. The molecule has 4 nitrogen and oxygen atoms in total. The second kappa shape index (κ2) is 5.55. The summed E-state index contributed by atoms with van der Waals surface area (Å²) in [5.74, 6) is 0.0781. The van der Waals surface area contributed by atoms with Crippen molar-refractivity contribution in [2.75, 3.05) is 7.11 Å². The Bertz CT molecular complexity index is 647. The van der Waals surface area contributed by atoms with Gasteiger partial charge in [0.15, 0.2) is 5.83 Å². The number of ether oxygens (including phenoxy) is 1. The van der Waals surface area contributed by atoms with Crippen LogP contribution in [0.1, 0.15) is 52.4 Å². The van der Waals surface area contributed by atoms with E-state index in [4.69, 9.17) is 4.74 Å². The Morgan fingerprint density at radius 1 is 1.20 bits per heavy atom. The molecular formula is C20H28FNO3. The van der Waals surface area contributed by atoms with Crippen molar-refractivity contribution in [3.63, 3.8) is 0 Å². The van der Waals surface area contributed by atoms with Gasteiger partial charge >= 0.3 is 5.97 Å². The van der Waals surface area contributed by atoms with E-state index >= 15 is 0 Å². The standard InChI is InChI=1S/C20H28FNO3/c1-19-9-8-13-11(12(19)5-6-14(19)18(24)25-3)4-7-16-20(13,2)10-15(21)17(23)22-16/h10-14,16H,4-9H2,1-3H3,(H,22,23)/t11?,12?,13?,14-,16?,19?,20?/m1/s1. The third-order valence-electron chi connectivity index (χ3n) is 8.22. The number of carbonyl (C=O) groups excluding carboxylic acids is 2. The molecule has 3 aliphatic carbocycles. The van der Waals surface area contributed by atoms with Crippen LogP contribution in [-0.4, -0.2) is 25.0 Å². The summed E-state index contributed by atoms with van der Waals surface area (Å²) in [6.45, 7) is 4.37. The van der Waals surface area contributed by atoms with E-state index in [9.17, 15) is 14.0 Å². The Kier molecular flexibility index (Phi) is 3.79. The highest BCUT2D eigenvalue weighted by molar-refractivity contribution is 5.92. The summed E-state index contributed by atoms with van der Waals surface area (Å²) in [5.41, 5.74) is -0.316. The number of halogens is 1. The number of nitrogens with one attached hydrogen (secondary N) is 1. The highest BCUT2D eigenvalue weighted by Crippen LogP contribution is 2.65. The minimum absolute atomic E-state index is 0.00235. The SMILES string of the molecule is COC(=O)[C@H]1CCC2C3CCC4NC(=O)C(F)=CC4(C)C3CCC21C. The largest absolute Gasteiger partial charge is 0.469 e. The van der Waals surface area contributed by atoms with Gasteiger partial charge in [0, 0.05) is 11.5 Å². The predicted octanol–water partition coefficient (Wildman–Crippen LogP) is 3.37. The Balaban J connectivity index is 1.66. The van der Waals surface area contributed by atoms with Gasteiger partial charge in [-0.25, -0.2) is 4.39 Å². The predicted molar refractivity (Wildman–Crippen MR) is 91.0 cm³/mol. The Labute approximate surface area is 148 Å². The topological polar surface area (TPSA) is 55.4 Å². The molecule has 7 atom stereocenters. The van der Waals surface area contributed by atoms with Crippen LogP contribution < -0.4 is 5.32 Å². The first kappa shape index (κ1) is 17.0. The zero-order chi connectivity index (χ0) is 18.0. The molecule has 1 N–H and O–H groups in total. The number of amides is 1. The maximum Gasteiger partial charge on any atom is 0.309 e. The molecule has 0 aromatic carbocycles. The molecule has 0 spiro atoms. The van der Waals surface area contributed by atoms with Gasteiger partial charge in [-0.2, -0.15) is 0 Å². The lowest BCUT2D eigenvalue weighted by Crippen LogP contribution is -2.60. The average Bonchev–Trinajstić information content (AvgIpc) is 2.93. The number of hydrogen-bond donors (Lipinski definition) is 1. The van der Waals surface area contributed by atoms with Crippen molar-refractivity contribution < 1.29 is 18.7 Å². The van der Waals surface area contributed by atoms with Crippen molar-refractivity contribution >= 4 is 11.9 Å². The molecule has 3 fully saturated rings. The van der Waals surface area contributed by atoms with E-state index in [1.165, 1.54) is 7.11 Å². The Hall–Kier alpha value is -1.39. The van der Waals surface area contributed by atoms with Crippen LogP contribution in [0, 0.1) is 34.5 Å². The van der Waals surface area contributed by atoms with E-state index in [0.29, 0.717) is 17.8 Å². The smallest absolute Gasteiger partial charge is 0.309 e. The van der Waals surface area contributed by atoms with Crippen LogP contribution in [0.5, 0.6) is 0 Å². The lowest BCUT2D eigenvalue weighted by Gasteiger charge is -2.58. The van der Waals surface area contributed by atoms with Gasteiger partial charge in [0.25, 0.3) is 5.91 Å². The van der Waals surface area contributed by atoms with Gasteiger partial charge < -0.3 is 10.1 Å². The molecule has 138 valence electrons. The summed E-state index contributed by atoms with van der Waals surface area (Å²) in [6, 6.07) is 0.0305. The van der Waals surface area contributed by atoms with Crippen LogP contribution in [0.3, 0.4) is 0 Å². The fourth-order valence-electron chi connectivity index (χ4n) is 6.92. The zero-order valence-electron chi connectivity index (χ0n) is 15.3. The first-order chi connectivity index (χ1) is 11.8. The van der Waals surface area contributed by atoms with E-state index in [2.05, 4.69) is 19.2 Å². The van der Waals surface area contributed by atoms with Crippen molar-refractivity contribution in [1.29, 1.82) is 0 Å². The van der Waals surface area contributed by atoms with Crippen LogP contribution in [0.4, 0.5) is 4.39 Å². The molecule has 3 saturated carbocycles. The maximum atomic E-state index is 14.1. The third kappa shape index (κ3) is 2.23. The molecule has 1 heterocycles. The number of hydrogen-bond acceptors (Lipinski definition) is 3. The second-order valence-corrected chi connectivity index (χ2v) is 9.04. The summed E-state index contributed by atoms with van der Waals surface area (Å²) < 4.78 is 19.2. The molecule has 1 amide bonds. The third-order valence-corrected chi connectivity index (χ3v) is 8.22. The van der Waals surface area contributed by atoms with Gasteiger partial charge in [0.05, 0.1) is 13.0 Å². The van der Waals surface area contributed by atoms with Crippen molar-refractivity contribution in [2.45, 2.75) is 58.4 Å². The van der Waals surface area contributed by atoms with E-state index in [0.717, 1.165) is 38.5 Å². The summed E-state index contributed by atoms with van der Waals surface area (Å²) in [4.78, 5) is 24.0. The summed E-state index contributed by atoms with van der Waals surface area (Å²) in [7, 11) is 1.48. The summed E-state index contributed by atoms with van der Waals surface area (Å²) >= 11 is 0. The van der Waals surface area contributed by atoms with Crippen molar-refractivity contribution in [3.05, 3.63) is 11.9 Å². The molecule has 25 heavy (non-hydrogen) atoms. The molecule has 0 saturated heterocycles. The van der Waals surface area contributed by atoms with E-state index in [1.807, 2.05) is 0 Å². The average molecular weight is 349 g/mol. The highest BCUT2D eigenvalue weighted by atomic mass is 19.1. The second-order valence-electron chi connectivity index (χ2n) is 9.04. The van der Waals surface area contributed by atoms with Gasteiger partial charge in [0.2, 0.25) is 0 Å². The number of fused-ring (bicyclic) bond motifs is 5. The van der Waals surface area contributed by atoms with Crippen LogP contribution in [-0.2, 0) is 14.3 Å². The molecule has 5 heteroatoms. The molecule has 0 aromatic heterocycles. The lowest BCUT2D eigenvalue weighted by molar-refractivity contribution is -0.153. The van der Waals surface area contributed by atoms with Crippen LogP contribution >= 0.6 is 0 Å². The van der Waals surface area contributed by atoms with Gasteiger partial charge in [0.1, 0.15) is 0 Å². The molecule has 0 radical (unpaired) electrons. The molecule has 1 aliphatic heterocycles. The van der Waals surface area contributed by atoms with E-state index < -0.39 is 11.7 Å². The van der Waals surface area contributed by atoms with Crippen LogP contribution in [0.25, 0.3) is 0 Å². The van der Waals surface area contributed by atoms with E-state index in [1.54, 1.807) is 6.08 Å². The molecule has 0 aromatic rings. The molecule has 6 unspecified atom stereocenters. The number of rotatable bonds is 1. The fraction of sp³-hybridized carbons (Fsp3) is 0.800. The summed E-state index contributed by atoms with van der Waals surface area (Å²) in [6.07, 6.45) is 7.46. The lowest BCUT2D eigenvalue weighted by atomic mass is 9.48. The quantitative estimate of drug-likeness (QED) is 0.739. The first-order valence-corrected chi connectivity index (χ1v) is 9.58. The molecule has 4 rings (SSSR count). The highest BCUT2D eigenvalue weighted by Gasteiger charge is 2.61. The molecule has 0 bridgehead atoms.